The van der Waals surface area contributed by atoms with Gasteiger partial charge in [-0.25, -0.2) is 4.98 Å². The van der Waals surface area contributed by atoms with E-state index < -0.39 is 0 Å². The van der Waals surface area contributed by atoms with Gasteiger partial charge in [0.2, 0.25) is 0 Å². The first-order valence-corrected chi connectivity index (χ1v) is 7.78. The smallest absolute Gasteiger partial charge is 0.258 e. The molecule has 2 aromatic heterocycles. The lowest BCUT2D eigenvalue weighted by molar-refractivity contribution is 0.384. The zero-order valence-electron chi connectivity index (χ0n) is 12.9. The monoisotopic (exact) mass is 317 g/mol. The van der Waals surface area contributed by atoms with Crippen LogP contribution in [0.5, 0.6) is 0 Å². The number of aromatic amines is 1. The third-order valence-corrected chi connectivity index (χ3v) is 3.90. The third kappa shape index (κ3) is 2.84. The topological polar surface area (TPSA) is 71.8 Å². The predicted molar refractivity (Wildman–Crippen MR) is 91.7 cm³/mol. The van der Waals surface area contributed by atoms with Gasteiger partial charge in [-0.3, -0.25) is 4.79 Å². The number of hydrogen-bond acceptors (Lipinski definition) is 4. The lowest BCUT2D eigenvalue weighted by atomic mass is 10.1. The minimum atomic E-state index is -0.113. The molecule has 1 N–H and O–H groups in total. The number of nitrogens with zero attached hydrogens (tertiary/aromatic N) is 2. The number of para-hydroxylation sites is 1. The maximum Gasteiger partial charge on any atom is 0.258 e. The molecule has 0 fully saturated rings. The van der Waals surface area contributed by atoms with E-state index in [0.717, 1.165) is 17.0 Å². The zero-order chi connectivity index (χ0) is 16.4. The summed E-state index contributed by atoms with van der Waals surface area (Å²) >= 11 is 0. The Morgan fingerprint density at radius 1 is 0.958 bits per heavy atom. The van der Waals surface area contributed by atoms with E-state index in [1.54, 1.807) is 6.07 Å². The number of aryl methyl sites for hydroxylation is 2. The Balaban J connectivity index is 1.53. The van der Waals surface area contributed by atoms with E-state index in [1.165, 1.54) is 0 Å². The molecule has 0 atom stereocenters. The van der Waals surface area contributed by atoms with Gasteiger partial charge in [-0.1, -0.05) is 47.6 Å². The second-order valence-electron chi connectivity index (χ2n) is 5.57. The quantitative estimate of drug-likeness (QED) is 0.626. The Labute approximate surface area is 138 Å². The van der Waals surface area contributed by atoms with Crippen LogP contribution < -0.4 is 5.56 Å². The summed E-state index contributed by atoms with van der Waals surface area (Å²) in [6.45, 7) is 0. The van der Waals surface area contributed by atoms with E-state index >= 15 is 0 Å². The van der Waals surface area contributed by atoms with Gasteiger partial charge in [-0.05, 0) is 12.1 Å². The molecule has 0 aliphatic rings. The minimum Gasteiger partial charge on any atom is -0.361 e. The van der Waals surface area contributed by atoms with Crippen LogP contribution in [0.2, 0.25) is 0 Å². The van der Waals surface area contributed by atoms with Gasteiger partial charge < -0.3 is 9.51 Å². The molecule has 118 valence electrons. The normalized spacial score (nSPS) is 11.0. The van der Waals surface area contributed by atoms with Crippen LogP contribution in [-0.2, 0) is 12.8 Å². The molecular weight excluding hydrogens is 302 g/mol. The van der Waals surface area contributed by atoms with Gasteiger partial charge in [0.15, 0.2) is 0 Å². The molecule has 4 aromatic rings. The second-order valence-corrected chi connectivity index (χ2v) is 5.57. The Kier molecular flexibility index (Phi) is 3.67. The van der Waals surface area contributed by atoms with E-state index in [9.17, 15) is 4.79 Å². The van der Waals surface area contributed by atoms with Crippen LogP contribution in [0.4, 0.5) is 0 Å². The number of hydrogen-bond donors (Lipinski definition) is 1. The average molecular weight is 317 g/mol. The molecule has 0 unspecified atom stereocenters. The molecule has 0 aliphatic heterocycles. The van der Waals surface area contributed by atoms with Gasteiger partial charge in [0.1, 0.15) is 17.3 Å². The first-order valence-electron chi connectivity index (χ1n) is 7.78. The zero-order valence-corrected chi connectivity index (χ0v) is 12.9. The molecular formula is C19H15N3O2. The number of fused-ring (bicyclic) bond motifs is 1. The van der Waals surface area contributed by atoms with Crippen LogP contribution in [-0.4, -0.2) is 15.1 Å². The van der Waals surface area contributed by atoms with Gasteiger partial charge in [0.25, 0.3) is 5.56 Å². The van der Waals surface area contributed by atoms with Crippen molar-refractivity contribution in [2.75, 3.05) is 0 Å². The maximum atomic E-state index is 12.1. The molecule has 0 saturated heterocycles. The molecule has 2 heterocycles. The number of H-pyrrole nitrogens is 1. The van der Waals surface area contributed by atoms with Gasteiger partial charge in [0, 0.05) is 24.5 Å². The summed E-state index contributed by atoms with van der Waals surface area (Å²) in [4.78, 5) is 19.4. The molecule has 4 rings (SSSR count). The van der Waals surface area contributed by atoms with Crippen LogP contribution in [0.25, 0.3) is 22.2 Å². The van der Waals surface area contributed by atoms with Crippen molar-refractivity contribution >= 4 is 10.9 Å². The Morgan fingerprint density at radius 2 is 1.75 bits per heavy atom. The largest absolute Gasteiger partial charge is 0.361 e. The fourth-order valence-electron chi connectivity index (χ4n) is 2.67. The highest BCUT2D eigenvalue weighted by molar-refractivity contribution is 5.77. The summed E-state index contributed by atoms with van der Waals surface area (Å²) in [6.07, 6.45) is 1.21. The summed E-state index contributed by atoms with van der Waals surface area (Å²) in [5, 5.41) is 4.70. The predicted octanol–water partition coefficient (Wildman–Crippen LogP) is 3.36. The van der Waals surface area contributed by atoms with Crippen molar-refractivity contribution in [1.82, 2.24) is 15.1 Å². The summed E-state index contributed by atoms with van der Waals surface area (Å²) < 4.78 is 5.39. The van der Waals surface area contributed by atoms with Crippen molar-refractivity contribution in [3.05, 3.63) is 82.6 Å². The summed E-state index contributed by atoms with van der Waals surface area (Å²) in [5.74, 6) is 1.42. The van der Waals surface area contributed by atoms with Crippen molar-refractivity contribution in [1.29, 1.82) is 0 Å². The van der Waals surface area contributed by atoms with Crippen molar-refractivity contribution in [3.63, 3.8) is 0 Å². The van der Waals surface area contributed by atoms with E-state index in [2.05, 4.69) is 15.1 Å². The molecule has 2 aromatic carbocycles. The highest BCUT2D eigenvalue weighted by Gasteiger charge is 2.08. The van der Waals surface area contributed by atoms with Crippen molar-refractivity contribution in [2.45, 2.75) is 12.8 Å². The van der Waals surface area contributed by atoms with Crippen LogP contribution >= 0.6 is 0 Å². The molecule has 24 heavy (non-hydrogen) atoms. The second kappa shape index (κ2) is 6.12. The van der Waals surface area contributed by atoms with Gasteiger partial charge >= 0.3 is 0 Å². The first kappa shape index (κ1) is 14.4. The van der Waals surface area contributed by atoms with Crippen molar-refractivity contribution < 1.29 is 4.52 Å². The highest BCUT2D eigenvalue weighted by Crippen LogP contribution is 2.19. The standard InChI is InChI=1S/C19H15N3O2/c23-19-15-8-4-5-9-16(15)20-18(21-19)11-10-14-12-17(22-24-14)13-6-2-1-3-7-13/h1-9,12H,10-11H2,(H,20,21,23). The molecule has 0 saturated carbocycles. The summed E-state index contributed by atoms with van der Waals surface area (Å²) in [7, 11) is 0. The SMILES string of the molecule is O=c1[nH]c(CCc2cc(-c3ccccc3)no2)nc2ccccc12. The Bertz CT molecular complexity index is 1040. The van der Waals surface area contributed by atoms with Crippen molar-refractivity contribution in [2.24, 2.45) is 0 Å². The molecule has 0 aliphatic carbocycles. The molecule has 5 nitrogen and oxygen atoms in total. The highest BCUT2D eigenvalue weighted by atomic mass is 16.5. The van der Waals surface area contributed by atoms with Crippen LogP contribution in [0.3, 0.4) is 0 Å². The van der Waals surface area contributed by atoms with E-state index in [-0.39, 0.29) is 5.56 Å². The minimum absolute atomic E-state index is 0.113. The number of benzene rings is 2. The fourth-order valence-corrected chi connectivity index (χ4v) is 2.67. The first-order chi connectivity index (χ1) is 11.8. The maximum absolute atomic E-state index is 12.1. The van der Waals surface area contributed by atoms with Crippen LogP contribution in [0.1, 0.15) is 11.6 Å². The lowest BCUT2D eigenvalue weighted by Crippen LogP contribution is -2.12. The fraction of sp³-hybridized carbons (Fsp3) is 0.105. The van der Waals surface area contributed by atoms with E-state index in [0.29, 0.717) is 29.6 Å². The average Bonchev–Trinajstić information content (AvgIpc) is 3.10. The molecule has 0 amide bonds. The van der Waals surface area contributed by atoms with Gasteiger partial charge in [0.05, 0.1) is 10.9 Å². The van der Waals surface area contributed by atoms with Crippen LogP contribution in [0.15, 0.2) is 70.0 Å². The number of aromatic nitrogens is 3. The molecule has 0 spiro atoms. The Hall–Kier alpha value is -3.21. The summed E-state index contributed by atoms with van der Waals surface area (Å²) in [6, 6.07) is 19.1. The third-order valence-electron chi connectivity index (χ3n) is 3.90. The van der Waals surface area contributed by atoms with E-state index in [1.807, 2.05) is 54.6 Å². The molecule has 5 heteroatoms. The molecule has 0 radical (unpaired) electrons. The van der Waals surface area contributed by atoms with Gasteiger partial charge in [-0.15, -0.1) is 0 Å². The summed E-state index contributed by atoms with van der Waals surface area (Å²) in [5.41, 5.74) is 2.42. The van der Waals surface area contributed by atoms with Gasteiger partial charge in [-0.2, -0.15) is 0 Å². The van der Waals surface area contributed by atoms with E-state index in [4.69, 9.17) is 4.52 Å². The van der Waals surface area contributed by atoms with Crippen LogP contribution in [0, 0.1) is 0 Å². The Morgan fingerprint density at radius 3 is 2.62 bits per heavy atom. The number of rotatable bonds is 4. The van der Waals surface area contributed by atoms with Crippen molar-refractivity contribution in [3.8, 4) is 11.3 Å². The number of nitrogens with one attached hydrogen (secondary N) is 1. The lowest BCUT2D eigenvalue weighted by Gasteiger charge is -2.01. The molecule has 0 bridgehead atoms.